The maximum Gasteiger partial charge on any atom is 0.244 e. The van der Waals surface area contributed by atoms with Gasteiger partial charge >= 0.3 is 0 Å². The molecular formula is C17H24N2O2. The summed E-state index contributed by atoms with van der Waals surface area (Å²) in [5.74, 6) is 0.877. The van der Waals surface area contributed by atoms with Gasteiger partial charge in [-0.2, -0.15) is 0 Å². The standard InChI is InChI=1S/C17H24N2O2/c1-12-7-9-19(10-8-12)17(21)13(2)18-16-6-4-5-15(11-16)14(3)20/h4-6,11-13,18H,7-10H2,1-3H3/t13-/m0/s1. The summed E-state index contributed by atoms with van der Waals surface area (Å²) in [5, 5.41) is 3.20. The molecule has 1 fully saturated rings. The molecule has 114 valence electrons. The summed E-state index contributed by atoms with van der Waals surface area (Å²) in [6.45, 7) is 7.35. The SMILES string of the molecule is CC(=O)c1cccc(N[C@@H](C)C(=O)N2CCC(C)CC2)c1. The first kappa shape index (κ1) is 15.5. The second-order valence-corrected chi connectivity index (χ2v) is 6.01. The zero-order valence-electron chi connectivity index (χ0n) is 13.1. The summed E-state index contributed by atoms with van der Waals surface area (Å²) in [5.41, 5.74) is 1.47. The van der Waals surface area contributed by atoms with E-state index in [2.05, 4.69) is 12.2 Å². The van der Waals surface area contributed by atoms with Gasteiger partial charge in [-0.15, -0.1) is 0 Å². The molecule has 2 rings (SSSR count). The van der Waals surface area contributed by atoms with Crippen LogP contribution in [0.4, 0.5) is 5.69 Å². The van der Waals surface area contributed by atoms with Gasteiger partial charge in [0.25, 0.3) is 0 Å². The molecule has 0 unspecified atom stereocenters. The summed E-state index contributed by atoms with van der Waals surface area (Å²) in [6.07, 6.45) is 2.16. The van der Waals surface area contributed by atoms with E-state index in [9.17, 15) is 9.59 Å². The smallest absolute Gasteiger partial charge is 0.244 e. The van der Waals surface area contributed by atoms with Crippen LogP contribution in [0.3, 0.4) is 0 Å². The van der Waals surface area contributed by atoms with Crippen LogP contribution in [0.5, 0.6) is 0 Å². The number of nitrogens with zero attached hydrogens (tertiary/aromatic N) is 1. The zero-order chi connectivity index (χ0) is 15.4. The molecule has 1 saturated heterocycles. The lowest BCUT2D eigenvalue weighted by molar-refractivity contribution is -0.132. The van der Waals surface area contributed by atoms with Crippen LogP contribution in [-0.2, 0) is 4.79 Å². The quantitative estimate of drug-likeness (QED) is 0.867. The predicted molar refractivity (Wildman–Crippen MR) is 84.5 cm³/mol. The number of carbonyl (C=O) groups is 2. The number of ketones is 1. The molecule has 1 aromatic carbocycles. The Labute approximate surface area is 126 Å². The van der Waals surface area contributed by atoms with Crippen LogP contribution in [0, 0.1) is 5.92 Å². The number of likely N-dealkylation sites (tertiary alicyclic amines) is 1. The van der Waals surface area contributed by atoms with E-state index in [4.69, 9.17) is 0 Å². The third-order valence-corrected chi connectivity index (χ3v) is 4.12. The average molecular weight is 288 g/mol. The first-order valence-corrected chi connectivity index (χ1v) is 7.63. The summed E-state index contributed by atoms with van der Waals surface area (Å²) in [4.78, 5) is 25.8. The van der Waals surface area contributed by atoms with E-state index in [1.165, 1.54) is 0 Å². The van der Waals surface area contributed by atoms with Crippen molar-refractivity contribution < 1.29 is 9.59 Å². The molecule has 1 atom stereocenters. The van der Waals surface area contributed by atoms with Crippen molar-refractivity contribution in [2.45, 2.75) is 39.7 Å². The van der Waals surface area contributed by atoms with E-state index < -0.39 is 0 Å². The van der Waals surface area contributed by atoms with Gasteiger partial charge in [-0.25, -0.2) is 0 Å². The van der Waals surface area contributed by atoms with Crippen molar-refractivity contribution in [3.8, 4) is 0 Å². The lowest BCUT2D eigenvalue weighted by Gasteiger charge is -2.32. The fraction of sp³-hybridized carbons (Fsp3) is 0.529. The van der Waals surface area contributed by atoms with Crippen molar-refractivity contribution in [2.75, 3.05) is 18.4 Å². The van der Waals surface area contributed by atoms with Crippen LogP contribution in [0.15, 0.2) is 24.3 Å². The first-order chi connectivity index (χ1) is 9.97. The van der Waals surface area contributed by atoms with Crippen LogP contribution in [-0.4, -0.2) is 35.7 Å². The van der Waals surface area contributed by atoms with Gasteiger partial charge in [-0.3, -0.25) is 9.59 Å². The number of rotatable bonds is 4. The monoisotopic (exact) mass is 288 g/mol. The van der Waals surface area contributed by atoms with Crippen molar-refractivity contribution >= 4 is 17.4 Å². The molecule has 1 aliphatic heterocycles. The van der Waals surface area contributed by atoms with Crippen LogP contribution in [0.1, 0.15) is 44.0 Å². The second-order valence-electron chi connectivity index (χ2n) is 6.01. The molecule has 1 aromatic rings. The van der Waals surface area contributed by atoms with E-state index in [1.54, 1.807) is 19.1 Å². The van der Waals surface area contributed by atoms with Crippen LogP contribution in [0.2, 0.25) is 0 Å². The third-order valence-electron chi connectivity index (χ3n) is 4.12. The van der Waals surface area contributed by atoms with E-state index in [0.29, 0.717) is 11.5 Å². The second kappa shape index (κ2) is 6.74. The Morgan fingerprint density at radius 1 is 1.29 bits per heavy atom. The zero-order valence-corrected chi connectivity index (χ0v) is 13.1. The minimum absolute atomic E-state index is 0.0302. The van der Waals surface area contributed by atoms with Gasteiger partial charge in [0.2, 0.25) is 5.91 Å². The van der Waals surface area contributed by atoms with Gasteiger partial charge in [0.05, 0.1) is 0 Å². The number of piperidine rings is 1. The summed E-state index contributed by atoms with van der Waals surface area (Å²) >= 11 is 0. The van der Waals surface area contributed by atoms with Gasteiger partial charge in [0.15, 0.2) is 5.78 Å². The Bertz CT molecular complexity index is 519. The maximum absolute atomic E-state index is 12.4. The Balaban J connectivity index is 1.97. The number of benzene rings is 1. The number of carbonyl (C=O) groups excluding carboxylic acids is 2. The summed E-state index contributed by atoms with van der Waals surface area (Å²) in [7, 11) is 0. The fourth-order valence-corrected chi connectivity index (χ4v) is 2.64. The lowest BCUT2D eigenvalue weighted by Crippen LogP contribution is -2.45. The minimum Gasteiger partial charge on any atom is -0.374 e. The van der Waals surface area contributed by atoms with Gasteiger partial charge in [0, 0.05) is 24.3 Å². The molecule has 0 aromatic heterocycles. The normalized spacial score (nSPS) is 17.4. The highest BCUT2D eigenvalue weighted by Crippen LogP contribution is 2.18. The molecule has 4 nitrogen and oxygen atoms in total. The van der Waals surface area contributed by atoms with Gasteiger partial charge in [0.1, 0.15) is 6.04 Å². The number of hydrogen-bond acceptors (Lipinski definition) is 3. The number of anilines is 1. The van der Waals surface area contributed by atoms with Gasteiger partial charge < -0.3 is 10.2 Å². The van der Waals surface area contributed by atoms with Crippen molar-refractivity contribution in [2.24, 2.45) is 5.92 Å². The summed E-state index contributed by atoms with van der Waals surface area (Å²) in [6, 6.07) is 7.02. The van der Waals surface area contributed by atoms with E-state index in [1.807, 2.05) is 24.0 Å². The van der Waals surface area contributed by atoms with Crippen molar-refractivity contribution in [1.29, 1.82) is 0 Å². The molecule has 0 spiro atoms. The molecular weight excluding hydrogens is 264 g/mol. The van der Waals surface area contributed by atoms with E-state index in [-0.39, 0.29) is 17.7 Å². The molecule has 1 N–H and O–H groups in total. The highest BCUT2D eigenvalue weighted by atomic mass is 16.2. The molecule has 1 heterocycles. The van der Waals surface area contributed by atoms with Crippen LogP contribution < -0.4 is 5.32 Å². The molecule has 0 saturated carbocycles. The molecule has 1 aliphatic rings. The predicted octanol–water partition coefficient (Wildman–Crippen LogP) is 2.95. The molecule has 0 radical (unpaired) electrons. The van der Waals surface area contributed by atoms with Crippen molar-refractivity contribution in [3.05, 3.63) is 29.8 Å². The van der Waals surface area contributed by atoms with E-state index >= 15 is 0 Å². The Kier molecular flexibility index (Phi) is 4.99. The largest absolute Gasteiger partial charge is 0.374 e. The first-order valence-electron chi connectivity index (χ1n) is 7.63. The van der Waals surface area contributed by atoms with Gasteiger partial charge in [-0.05, 0) is 44.7 Å². The average Bonchev–Trinajstić information content (AvgIpc) is 2.47. The number of hydrogen-bond donors (Lipinski definition) is 1. The fourth-order valence-electron chi connectivity index (χ4n) is 2.64. The van der Waals surface area contributed by atoms with Crippen molar-refractivity contribution in [1.82, 2.24) is 4.90 Å². The molecule has 0 bridgehead atoms. The molecule has 1 amide bonds. The third kappa shape index (κ3) is 4.06. The molecule has 21 heavy (non-hydrogen) atoms. The van der Waals surface area contributed by atoms with Crippen LogP contribution in [0.25, 0.3) is 0 Å². The van der Waals surface area contributed by atoms with E-state index in [0.717, 1.165) is 31.6 Å². The molecule has 4 heteroatoms. The maximum atomic E-state index is 12.4. The van der Waals surface area contributed by atoms with Crippen molar-refractivity contribution in [3.63, 3.8) is 0 Å². The topological polar surface area (TPSA) is 49.4 Å². The Morgan fingerprint density at radius 2 is 1.95 bits per heavy atom. The minimum atomic E-state index is -0.277. The Hall–Kier alpha value is -1.84. The Morgan fingerprint density at radius 3 is 2.57 bits per heavy atom. The lowest BCUT2D eigenvalue weighted by atomic mass is 9.99. The number of Topliss-reactive ketones (excluding diaryl/α,β-unsaturated/α-hetero) is 1. The summed E-state index contributed by atoms with van der Waals surface area (Å²) < 4.78 is 0. The molecule has 0 aliphatic carbocycles. The number of nitrogens with one attached hydrogen (secondary N) is 1. The highest BCUT2D eigenvalue weighted by Gasteiger charge is 2.24. The van der Waals surface area contributed by atoms with Crippen LogP contribution >= 0.6 is 0 Å². The highest BCUT2D eigenvalue weighted by molar-refractivity contribution is 5.95. The number of amides is 1. The van der Waals surface area contributed by atoms with Gasteiger partial charge in [-0.1, -0.05) is 19.1 Å².